The highest BCUT2D eigenvalue weighted by molar-refractivity contribution is 7.89. The van der Waals surface area contributed by atoms with E-state index in [2.05, 4.69) is 4.72 Å². The van der Waals surface area contributed by atoms with Gasteiger partial charge in [-0.25, -0.2) is 17.9 Å². The Balaban J connectivity index is 1.84. The first-order valence-electron chi connectivity index (χ1n) is 8.25. The van der Waals surface area contributed by atoms with Crippen LogP contribution >= 0.6 is 0 Å². The molecule has 0 saturated heterocycles. The predicted molar refractivity (Wildman–Crippen MR) is 102 cm³/mol. The normalized spacial score (nSPS) is 11.7. The number of hydrogen-bond donors (Lipinski definition) is 1. The van der Waals surface area contributed by atoms with Crippen LogP contribution in [0.3, 0.4) is 0 Å². The van der Waals surface area contributed by atoms with Gasteiger partial charge in [0.1, 0.15) is 16.4 Å². The molecule has 1 heterocycles. The third-order valence-corrected chi connectivity index (χ3v) is 5.82. The summed E-state index contributed by atoms with van der Waals surface area (Å²) in [5.74, 6) is 0.618. The fraction of sp³-hybridized carbons (Fsp3) is 0.278. The molecular formula is C18H21N3O5S. The number of benzene rings is 2. The quantitative estimate of drug-likeness (QED) is 0.656. The highest BCUT2D eigenvalue weighted by Gasteiger charge is 2.20. The number of rotatable bonds is 7. The molecule has 0 aliphatic carbocycles. The smallest absolute Gasteiger partial charge is 0.328 e. The van der Waals surface area contributed by atoms with Gasteiger partial charge in [0.05, 0.1) is 25.3 Å². The van der Waals surface area contributed by atoms with E-state index < -0.39 is 10.0 Å². The minimum absolute atomic E-state index is 0.0189. The molecule has 0 spiro atoms. The van der Waals surface area contributed by atoms with Gasteiger partial charge in [-0.2, -0.15) is 0 Å². The van der Waals surface area contributed by atoms with Crippen molar-refractivity contribution in [2.24, 2.45) is 7.05 Å². The van der Waals surface area contributed by atoms with Crippen molar-refractivity contribution in [3.8, 4) is 11.5 Å². The predicted octanol–water partition coefficient (Wildman–Crippen LogP) is 1.34. The van der Waals surface area contributed by atoms with E-state index in [0.717, 1.165) is 11.0 Å². The van der Waals surface area contributed by atoms with Gasteiger partial charge in [-0.15, -0.1) is 0 Å². The zero-order chi connectivity index (χ0) is 19.6. The summed E-state index contributed by atoms with van der Waals surface area (Å²) in [6.45, 7) is 0.252. The van der Waals surface area contributed by atoms with Gasteiger partial charge in [0.2, 0.25) is 10.0 Å². The lowest BCUT2D eigenvalue weighted by atomic mass is 10.3. The summed E-state index contributed by atoms with van der Waals surface area (Å²) >= 11 is 0. The van der Waals surface area contributed by atoms with E-state index >= 15 is 0 Å². The number of methoxy groups -OCH3 is 2. The second-order valence-corrected chi connectivity index (χ2v) is 7.63. The molecule has 144 valence electrons. The van der Waals surface area contributed by atoms with Crippen molar-refractivity contribution in [2.45, 2.75) is 11.4 Å². The van der Waals surface area contributed by atoms with Crippen LogP contribution in [-0.4, -0.2) is 38.3 Å². The largest absolute Gasteiger partial charge is 0.497 e. The highest BCUT2D eigenvalue weighted by Crippen LogP contribution is 2.27. The number of ether oxygens (including phenoxy) is 2. The van der Waals surface area contributed by atoms with Gasteiger partial charge in [-0.1, -0.05) is 12.1 Å². The average molecular weight is 391 g/mol. The molecule has 0 atom stereocenters. The zero-order valence-corrected chi connectivity index (χ0v) is 16.1. The Hall–Kier alpha value is -2.78. The number of aryl methyl sites for hydroxylation is 1. The number of nitrogens with zero attached hydrogens (tertiary/aromatic N) is 2. The molecule has 8 nitrogen and oxygen atoms in total. The van der Waals surface area contributed by atoms with E-state index in [4.69, 9.17) is 9.47 Å². The van der Waals surface area contributed by atoms with Crippen LogP contribution in [0.2, 0.25) is 0 Å². The van der Waals surface area contributed by atoms with Crippen molar-refractivity contribution in [3.05, 3.63) is 52.9 Å². The van der Waals surface area contributed by atoms with Crippen molar-refractivity contribution in [1.29, 1.82) is 0 Å². The molecule has 0 fully saturated rings. The van der Waals surface area contributed by atoms with Gasteiger partial charge in [0.15, 0.2) is 0 Å². The third-order valence-electron chi connectivity index (χ3n) is 4.34. The number of fused-ring (bicyclic) bond motifs is 1. The van der Waals surface area contributed by atoms with Crippen LogP contribution in [0.4, 0.5) is 0 Å². The van der Waals surface area contributed by atoms with Gasteiger partial charge < -0.3 is 9.47 Å². The Morgan fingerprint density at radius 3 is 2.41 bits per heavy atom. The monoisotopic (exact) mass is 391 g/mol. The lowest BCUT2D eigenvalue weighted by Crippen LogP contribution is -2.31. The summed E-state index contributed by atoms with van der Waals surface area (Å²) in [4.78, 5) is 12.4. The van der Waals surface area contributed by atoms with Crippen LogP contribution < -0.4 is 19.9 Å². The Bertz CT molecular complexity index is 1130. The molecule has 9 heteroatoms. The fourth-order valence-electron chi connectivity index (χ4n) is 2.94. The van der Waals surface area contributed by atoms with E-state index in [1.165, 1.54) is 30.9 Å². The van der Waals surface area contributed by atoms with Gasteiger partial charge in [-0.05, 0) is 24.3 Å². The zero-order valence-electron chi connectivity index (χ0n) is 15.3. The molecule has 0 unspecified atom stereocenters. The second-order valence-electron chi connectivity index (χ2n) is 5.90. The van der Waals surface area contributed by atoms with Gasteiger partial charge in [0.25, 0.3) is 0 Å². The van der Waals surface area contributed by atoms with Crippen molar-refractivity contribution in [1.82, 2.24) is 13.9 Å². The molecule has 0 amide bonds. The Labute approximate surface area is 157 Å². The maximum atomic E-state index is 12.7. The van der Waals surface area contributed by atoms with Gasteiger partial charge in [-0.3, -0.25) is 9.13 Å². The highest BCUT2D eigenvalue weighted by atomic mass is 32.2. The molecule has 1 N–H and O–H groups in total. The summed E-state index contributed by atoms with van der Waals surface area (Å²) in [6, 6.07) is 11.9. The average Bonchev–Trinajstić information content (AvgIpc) is 2.92. The first kappa shape index (κ1) is 19.0. The standard InChI is InChI=1S/C18H21N3O5S/c1-20-14-6-4-5-7-15(14)21(18(20)22)11-10-19-27(23,24)17-12-13(25-2)8-9-16(17)26-3/h4-9,12,19H,10-11H2,1-3H3. The molecule has 0 saturated carbocycles. The van der Waals surface area contributed by atoms with Crippen molar-refractivity contribution >= 4 is 21.1 Å². The number of hydrogen-bond acceptors (Lipinski definition) is 5. The number of nitrogens with one attached hydrogen (secondary N) is 1. The number of para-hydroxylation sites is 2. The molecular weight excluding hydrogens is 370 g/mol. The summed E-state index contributed by atoms with van der Waals surface area (Å²) in [5, 5.41) is 0. The van der Waals surface area contributed by atoms with E-state index in [1.54, 1.807) is 17.7 Å². The first-order valence-corrected chi connectivity index (χ1v) is 9.73. The molecule has 0 aliphatic heterocycles. The lowest BCUT2D eigenvalue weighted by molar-refractivity contribution is 0.392. The van der Waals surface area contributed by atoms with Gasteiger partial charge >= 0.3 is 5.69 Å². The van der Waals surface area contributed by atoms with E-state index in [0.29, 0.717) is 5.75 Å². The van der Waals surface area contributed by atoms with Crippen molar-refractivity contribution in [2.75, 3.05) is 20.8 Å². The van der Waals surface area contributed by atoms with Crippen LogP contribution in [0, 0.1) is 0 Å². The first-order chi connectivity index (χ1) is 12.9. The lowest BCUT2D eigenvalue weighted by Gasteiger charge is -2.12. The van der Waals surface area contributed by atoms with E-state index in [-0.39, 0.29) is 29.4 Å². The molecule has 0 radical (unpaired) electrons. The number of sulfonamides is 1. The van der Waals surface area contributed by atoms with Gasteiger partial charge in [0, 0.05) is 26.2 Å². The topological polar surface area (TPSA) is 91.6 Å². The number of imidazole rings is 1. The summed E-state index contributed by atoms with van der Waals surface area (Å²) < 4.78 is 41.2. The summed E-state index contributed by atoms with van der Waals surface area (Å²) in [5.41, 5.74) is 1.34. The maximum absolute atomic E-state index is 12.7. The summed E-state index contributed by atoms with van der Waals surface area (Å²) in [6.07, 6.45) is 0. The number of aromatic nitrogens is 2. The minimum Gasteiger partial charge on any atom is -0.497 e. The van der Waals surface area contributed by atoms with Crippen LogP contribution in [-0.2, 0) is 23.6 Å². The third kappa shape index (κ3) is 3.56. The summed E-state index contributed by atoms with van der Waals surface area (Å²) in [7, 11) is 0.701. The van der Waals surface area contributed by atoms with Crippen molar-refractivity contribution < 1.29 is 17.9 Å². The molecule has 3 rings (SSSR count). The fourth-order valence-corrected chi connectivity index (χ4v) is 4.15. The molecule has 1 aromatic heterocycles. The maximum Gasteiger partial charge on any atom is 0.328 e. The Kier molecular flexibility index (Phi) is 5.24. The van der Waals surface area contributed by atoms with Crippen LogP contribution in [0.1, 0.15) is 0 Å². The molecule has 2 aromatic carbocycles. The van der Waals surface area contributed by atoms with Crippen LogP contribution in [0.5, 0.6) is 11.5 Å². The Morgan fingerprint density at radius 1 is 1.04 bits per heavy atom. The molecule has 0 bridgehead atoms. The van der Waals surface area contributed by atoms with Crippen LogP contribution in [0.15, 0.2) is 52.2 Å². The van der Waals surface area contributed by atoms with E-state index in [9.17, 15) is 13.2 Å². The van der Waals surface area contributed by atoms with Crippen LogP contribution in [0.25, 0.3) is 11.0 Å². The molecule has 3 aromatic rings. The SMILES string of the molecule is COc1ccc(OC)c(S(=O)(=O)NCCn2c(=O)n(C)c3ccccc32)c1. The minimum atomic E-state index is -3.84. The van der Waals surface area contributed by atoms with Crippen molar-refractivity contribution in [3.63, 3.8) is 0 Å². The Morgan fingerprint density at radius 2 is 1.74 bits per heavy atom. The molecule has 0 aliphatic rings. The molecule has 27 heavy (non-hydrogen) atoms. The van der Waals surface area contributed by atoms with E-state index in [1.807, 2.05) is 24.3 Å². The second kappa shape index (κ2) is 7.45.